The highest BCUT2D eigenvalue weighted by molar-refractivity contribution is 5.59. The zero-order valence-electron chi connectivity index (χ0n) is 10.5. The molecule has 1 N–H and O–H groups in total. The van der Waals surface area contributed by atoms with Gasteiger partial charge in [0, 0.05) is 0 Å². The molecule has 0 aliphatic carbocycles. The van der Waals surface area contributed by atoms with Crippen LogP contribution in [0.2, 0.25) is 0 Å². The first-order valence-corrected chi connectivity index (χ1v) is 5.90. The van der Waals surface area contributed by atoms with Crippen LogP contribution in [0.1, 0.15) is 28.8 Å². The minimum Gasteiger partial charge on any atom is -0.345 e. The topological polar surface area (TPSA) is 28.7 Å². The first-order valence-electron chi connectivity index (χ1n) is 5.90. The van der Waals surface area contributed by atoms with Crippen LogP contribution in [0.3, 0.4) is 0 Å². The Morgan fingerprint density at radius 3 is 2.59 bits per heavy atom. The predicted octanol–water partition coefficient (Wildman–Crippen LogP) is 3.67. The number of hydrogen-bond donors (Lipinski definition) is 1. The molecule has 1 aromatic heterocycles. The van der Waals surface area contributed by atoms with Gasteiger partial charge in [-0.3, -0.25) is 0 Å². The van der Waals surface area contributed by atoms with Crippen LogP contribution in [-0.4, -0.2) is 9.97 Å². The number of nitrogens with one attached hydrogen (secondary N) is 1. The zero-order valence-corrected chi connectivity index (χ0v) is 10.5. The number of H-pyrrole nitrogens is 1. The Labute approximate surface area is 102 Å². The maximum absolute atomic E-state index is 4.10. The van der Waals surface area contributed by atoms with Crippen molar-refractivity contribution in [3.8, 4) is 0 Å². The number of aromatic amines is 1. The van der Waals surface area contributed by atoms with Crippen molar-refractivity contribution in [3.05, 3.63) is 59.7 Å². The Morgan fingerprint density at radius 2 is 2.00 bits per heavy atom. The summed E-state index contributed by atoms with van der Waals surface area (Å²) in [4.78, 5) is 7.11. The molecule has 2 heteroatoms. The van der Waals surface area contributed by atoms with E-state index in [2.05, 4.69) is 48.6 Å². The molecule has 88 valence electrons. The van der Waals surface area contributed by atoms with Gasteiger partial charge in [0.05, 0.1) is 18.2 Å². The van der Waals surface area contributed by atoms with E-state index in [1.807, 2.05) is 6.20 Å². The summed E-state index contributed by atoms with van der Waals surface area (Å²) in [5.41, 5.74) is 6.32. The molecule has 2 rings (SSSR count). The van der Waals surface area contributed by atoms with Crippen molar-refractivity contribution in [2.75, 3.05) is 0 Å². The monoisotopic (exact) mass is 226 g/mol. The molecule has 0 spiro atoms. The number of imidazole rings is 1. The summed E-state index contributed by atoms with van der Waals surface area (Å²) in [5.74, 6) is 0. The quantitative estimate of drug-likeness (QED) is 0.846. The highest BCUT2D eigenvalue weighted by Crippen LogP contribution is 2.20. The number of benzene rings is 1. The van der Waals surface area contributed by atoms with Crippen LogP contribution >= 0.6 is 0 Å². The van der Waals surface area contributed by atoms with Gasteiger partial charge in [-0.25, -0.2) is 4.98 Å². The lowest BCUT2D eigenvalue weighted by Crippen LogP contribution is -1.95. The van der Waals surface area contributed by atoms with E-state index in [0.717, 1.165) is 24.1 Å². The van der Waals surface area contributed by atoms with E-state index < -0.39 is 0 Å². The van der Waals surface area contributed by atoms with Crippen LogP contribution < -0.4 is 0 Å². The molecule has 0 atom stereocenters. The largest absolute Gasteiger partial charge is 0.345 e. The van der Waals surface area contributed by atoms with Crippen LogP contribution in [0.5, 0.6) is 0 Å². The van der Waals surface area contributed by atoms with Gasteiger partial charge in [0.2, 0.25) is 0 Å². The molecule has 1 heterocycles. The molecule has 0 radical (unpaired) electrons. The van der Waals surface area contributed by atoms with Crippen LogP contribution in [0, 0.1) is 13.8 Å². The third-order valence-electron chi connectivity index (χ3n) is 3.20. The number of aryl methyl sites for hydroxylation is 2. The van der Waals surface area contributed by atoms with Gasteiger partial charge in [0.1, 0.15) is 0 Å². The van der Waals surface area contributed by atoms with E-state index in [9.17, 15) is 0 Å². The van der Waals surface area contributed by atoms with Crippen molar-refractivity contribution in [3.63, 3.8) is 0 Å². The van der Waals surface area contributed by atoms with E-state index >= 15 is 0 Å². The number of hydrogen-bond acceptors (Lipinski definition) is 1. The molecule has 2 aromatic rings. The maximum atomic E-state index is 4.10. The molecule has 0 unspecified atom stereocenters. The van der Waals surface area contributed by atoms with Crippen molar-refractivity contribution in [1.82, 2.24) is 9.97 Å². The number of rotatable bonds is 4. The van der Waals surface area contributed by atoms with Crippen LogP contribution in [0.15, 0.2) is 37.3 Å². The van der Waals surface area contributed by atoms with E-state index in [-0.39, 0.29) is 0 Å². The minimum absolute atomic E-state index is 0.966. The van der Waals surface area contributed by atoms with Gasteiger partial charge in [-0.1, -0.05) is 24.8 Å². The van der Waals surface area contributed by atoms with Gasteiger partial charge in [0.15, 0.2) is 0 Å². The molecular weight excluding hydrogens is 208 g/mol. The Morgan fingerprint density at radius 1 is 1.29 bits per heavy atom. The first kappa shape index (κ1) is 11.6. The zero-order chi connectivity index (χ0) is 12.3. The van der Waals surface area contributed by atoms with Gasteiger partial charge in [0.25, 0.3) is 0 Å². The summed E-state index contributed by atoms with van der Waals surface area (Å²) in [5, 5.41) is 0. The Balaban J connectivity index is 2.06. The molecule has 1 aromatic carbocycles. The van der Waals surface area contributed by atoms with E-state index in [0.29, 0.717) is 0 Å². The van der Waals surface area contributed by atoms with E-state index in [1.54, 1.807) is 6.33 Å². The normalized spacial score (nSPS) is 10.5. The number of aromatic nitrogens is 2. The Kier molecular flexibility index (Phi) is 3.43. The molecule has 0 aliphatic heterocycles. The summed E-state index contributed by atoms with van der Waals surface area (Å²) in [6.45, 7) is 8.44. The van der Waals surface area contributed by atoms with E-state index in [4.69, 9.17) is 0 Å². The SMILES string of the molecule is C=C(CCc1c(C)cccc1C)c1cnc[nH]1. The Bertz CT molecular complexity index is 489. The highest BCUT2D eigenvalue weighted by Gasteiger charge is 2.05. The fourth-order valence-electron chi connectivity index (χ4n) is 2.10. The lowest BCUT2D eigenvalue weighted by molar-refractivity contribution is 0.982. The third-order valence-corrected chi connectivity index (χ3v) is 3.20. The Hall–Kier alpha value is -1.83. The second-order valence-corrected chi connectivity index (χ2v) is 4.44. The predicted molar refractivity (Wildman–Crippen MR) is 71.9 cm³/mol. The number of allylic oxidation sites excluding steroid dienone is 1. The van der Waals surface area contributed by atoms with Crippen LogP contribution in [-0.2, 0) is 6.42 Å². The summed E-state index contributed by atoms with van der Waals surface area (Å²) in [6, 6.07) is 6.44. The molecule has 0 amide bonds. The smallest absolute Gasteiger partial charge is 0.0924 e. The summed E-state index contributed by atoms with van der Waals surface area (Å²) >= 11 is 0. The molecular formula is C15H18N2. The van der Waals surface area contributed by atoms with Crippen molar-refractivity contribution in [1.29, 1.82) is 0 Å². The second-order valence-electron chi connectivity index (χ2n) is 4.44. The lowest BCUT2D eigenvalue weighted by atomic mass is 9.96. The van der Waals surface area contributed by atoms with Gasteiger partial charge in [-0.05, 0) is 49.0 Å². The maximum Gasteiger partial charge on any atom is 0.0924 e. The molecule has 17 heavy (non-hydrogen) atoms. The molecule has 0 fully saturated rings. The third kappa shape index (κ3) is 2.64. The van der Waals surface area contributed by atoms with Crippen LogP contribution in [0.25, 0.3) is 5.57 Å². The summed E-state index contributed by atoms with van der Waals surface area (Å²) in [6.07, 6.45) is 5.52. The van der Waals surface area contributed by atoms with Gasteiger partial charge in [-0.15, -0.1) is 0 Å². The standard InChI is InChI=1S/C15H18N2/c1-11-5-4-6-12(2)14(11)8-7-13(3)15-9-16-10-17-15/h4-6,9-10H,3,7-8H2,1-2H3,(H,16,17). The molecule has 2 nitrogen and oxygen atoms in total. The number of nitrogens with zero attached hydrogens (tertiary/aromatic N) is 1. The summed E-state index contributed by atoms with van der Waals surface area (Å²) in [7, 11) is 0. The van der Waals surface area contributed by atoms with Gasteiger partial charge < -0.3 is 4.98 Å². The van der Waals surface area contributed by atoms with Crippen LogP contribution in [0.4, 0.5) is 0 Å². The van der Waals surface area contributed by atoms with Crippen molar-refractivity contribution in [2.45, 2.75) is 26.7 Å². The van der Waals surface area contributed by atoms with Crippen molar-refractivity contribution in [2.24, 2.45) is 0 Å². The van der Waals surface area contributed by atoms with Gasteiger partial charge in [-0.2, -0.15) is 0 Å². The average Bonchev–Trinajstić information content (AvgIpc) is 2.81. The lowest BCUT2D eigenvalue weighted by Gasteiger charge is -2.10. The average molecular weight is 226 g/mol. The second kappa shape index (κ2) is 5.00. The molecule has 0 saturated carbocycles. The van der Waals surface area contributed by atoms with Crippen molar-refractivity contribution < 1.29 is 0 Å². The molecule has 0 bridgehead atoms. The fraction of sp³-hybridized carbons (Fsp3) is 0.267. The van der Waals surface area contributed by atoms with E-state index in [1.165, 1.54) is 16.7 Å². The molecule has 0 saturated heterocycles. The minimum atomic E-state index is 0.966. The summed E-state index contributed by atoms with van der Waals surface area (Å²) < 4.78 is 0. The highest BCUT2D eigenvalue weighted by atomic mass is 14.9. The van der Waals surface area contributed by atoms with Gasteiger partial charge >= 0.3 is 0 Å². The van der Waals surface area contributed by atoms with Crippen molar-refractivity contribution >= 4 is 5.57 Å². The first-order chi connectivity index (χ1) is 8.18. The fourth-order valence-corrected chi connectivity index (χ4v) is 2.10. The molecule has 0 aliphatic rings.